The smallest absolute Gasteiger partial charge is 0.00965 e. The van der Waals surface area contributed by atoms with Crippen molar-refractivity contribution in [3.63, 3.8) is 0 Å². The van der Waals surface area contributed by atoms with Gasteiger partial charge in [-0.25, -0.2) is 0 Å². The summed E-state index contributed by atoms with van der Waals surface area (Å²) in [5.41, 5.74) is 0.763. The molecule has 1 nitrogen and oxygen atoms in total. The highest BCUT2D eigenvalue weighted by molar-refractivity contribution is 4.75. The minimum Gasteiger partial charge on any atom is -0.312 e. The number of rotatable bonds is 10. The molecule has 0 saturated heterocycles. The van der Waals surface area contributed by atoms with Crippen LogP contribution in [0.15, 0.2) is 0 Å². The molecule has 0 aliphatic heterocycles. The Labute approximate surface area is 116 Å². The van der Waals surface area contributed by atoms with Gasteiger partial charge in [-0.2, -0.15) is 0 Å². The molecule has 0 rings (SSSR count). The van der Waals surface area contributed by atoms with E-state index in [4.69, 9.17) is 0 Å². The number of hydrogen-bond acceptors (Lipinski definition) is 1. The van der Waals surface area contributed by atoms with Crippen molar-refractivity contribution in [2.24, 2.45) is 5.41 Å². The lowest BCUT2D eigenvalue weighted by Crippen LogP contribution is -2.37. The molecule has 0 aliphatic carbocycles. The molecule has 0 amide bonds. The molecule has 0 aromatic heterocycles. The van der Waals surface area contributed by atoms with Gasteiger partial charge in [-0.05, 0) is 45.6 Å². The highest BCUT2D eigenvalue weighted by atomic mass is 14.9. The third-order valence-corrected chi connectivity index (χ3v) is 3.66. The van der Waals surface area contributed by atoms with Crippen LogP contribution in [0.5, 0.6) is 0 Å². The van der Waals surface area contributed by atoms with E-state index in [0.29, 0.717) is 5.41 Å². The molecule has 0 radical (unpaired) electrons. The lowest BCUT2D eigenvalue weighted by atomic mass is 9.83. The lowest BCUT2D eigenvalue weighted by Gasteiger charge is -2.28. The van der Waals surface area contributed by atoms with Gasteiger partial charge in [-0.15, -0.1) is 0 Å². The maximum absolute atomic E-state index is 3.60. The van der Waals surface area contributed by atoms with Crippen molar-refractivity contribution < 1.29 is 0 Å². The first-order valence-electron chi connectivity index (χ1n) is 8.02. The first kappa shape index (κ1) is 18.0. The zero-order chi connectivity index (χ0) is 14.1. The highest BCUT2D eigenvalue weighted by Crippen LogP contribution is 2.27. The fourth-order valence-corrected chi connectivity index (χ4v) is 2.28. The average Bonchev–Trinajstić information content (AvgIpc) is 2.21. The van der Waals surface area contributed by atoms with Gasteiger partial charge in [0.2, 0.25) is 0 Å². The Morgan fingerprint density at radius 3 is 1.83 bits per heavy atom. The van der Waals surface area contributed by atoms with E-state index >= 15 is 0 Å². The van der Waals surface area contributed by atoms with E-state index in [1.54, 1.807) is 0 Å². The Kier molecular flexibility index (Phi) is 8.94. The summed E-state index contributed by atoms with van der Waals surface area (Å²) in [7, 11) is 0. The summed E-state index contributed by atoms with van der Waals surface area (Å²) in [4.78, 5) is 0. The van der Waals surface area contributed by atoms with E-state index in [2.05, 4.69) is 46.9 Å². The first-order chi connectivity index (χ1) is 8.27. The molecular formula is C17H37N. The first-order valence-corrected chi connectivity index (χ1v) is 8.02. The van der Waals surface area contributed by atoms with Gasteiger partial charge in [-0.3, -0.25) is 0 Å². The minimum absolute atomic E-state index is 0.260. The van der Waals surface area contributed by atoms with Crippen LogP contribution in [0.2, 0.25) is 0 Å². The van der Waals surface area contributed by atoms with Gasteiger partial charge in [0.1, 0.15) is 0 Å². The summed E-state index contributed by atoms with van der Waals surface area (Å²) >= 11 is 0. The van der Waals surface area contributed by atoms with Gasteiger partial charge >= 0.3 is 0 Å². The summed E-state index contributed by atoms with van der Waals surface area (Å²) < 4.78 is 0. The second-order valence-electron chi connectivity index (χ2n) is 7.61. The second-order valence-corrected chi connectivity index (χ2v) is 7.61. The largest absolute Gasteiger partial charge is 0.312 e. The minimum atomic E-state index is 0.260. The van der Waals surface area contributed by atoms with E-state index in [0.717, 1.165) is 6.54 Å². The molecule has 0 atom stereocenters. The second kappa shape index (κ2) is 8.96. The molecule has 0 bridgehead atoms. The normalized spacial score (nSPS) is 13.0. The molecule has 0 saturated carbocycles. The van der Waals surface area contributed by atoms with Gasteiger partial charge < -0.3 is 5.32 Å². The van der Waals surface area contributed by atoms with Crippen molar-refractivity contribution in [2.45, 2.75) is 98.4 Å². The van der Waals surface area contributed by atoms with Crippen molar-refractivity contribution in [3.05, 3.63) is 0 Å². The Morgan fingerprint density at radius 1 is 0.722 bits per heavy atom. The molecule has 110 valence electrons. The van der Waals surface area contributed by atoms with Crippen molar-refractivity contribution in [3.8, 4) is 0 Å². The van der Waals surface area contributed by atoms with Crippen LogP contribution < -0.4 is 5.32 Å². The summed E-state index contributed by atoms with van der Waals surface area (Å²) in [5.74, 6) is 0. The topological polar surface area (TPSA) is 12.0 Å². The Bertz CT molecular complexity index is 188. The molecule has 1 N–H and O–H groups in total. The summed E-state index contributed by atoms with van der Waals surface area (Å²) in [6.07, 6.45) is 11.1. The van der Waals surface area contributed by atoms with Crippen molar-refractivity contribution >= 4 is 0 Å². The Morgan fingerprint density at radius 2 is 1.28 bits per heavy atom. The van der Waals surface area contributed by atoms with Crippen LogP contribution in [-0.4, -0.2) is 12.1 Å². The highest BCUT2D eigenvalue weighted by Gasteiger charge is 2.18. The van der Waals surface area contributed by atoms with Gasteiger partial charge in [0.05, 0.1) is 0 Å². The monoisotopic (exact) mass is 255 g/mol. The van der Waals surface area contributed by atoms with Crippen molar-refractivity contribution in [1.29, 1.82) is 0 Å². The molecule has 18 heavy (non-hydrogen) atoms. The number of nitrogens with one attached hydrogen (secondary N) is 1. The third kappa shape index (κ3) is 12.4. The predicted molar refractivity (Wildman–Crippen MR) is 84.1 cm³/mol. The molecule has 0 heterocycles. The van der Waals surface area contributed by atoms with Crippen molar-refractivity contribution in [1.82, 2.24) is 5.32 Å². The molecule has 0 fully saturated rings. The predicted octanol–water partition coefficient (Wildman–Crippen LogP) is 5.54. The van der Waals surface area contributed by atoms with E-state index < -0.39 is 0 Å². The van der Waals surface area contributed by atoms with Crippen LogP contribution in [0, 0.1) is 5.41 Å². The molecule has 0 aromatic rings. The van der Waals surface area contributed by atoms with E-state index in [-0.39, 0.29) is 5.54 Å². The van der Waals surface area contributed by atoms with Crippen LogP contribution in [0.3, 0.4) is 0 Å². The Balaban J connectivity index is 3.55. The molecule has 0 unspecified atom stereocenters. The fourth-order valence-electron chi connectivity index (χ4n) is 2.28. The van der Waals surface area contributed by atoms with Crippen LogP contribution in [0.1, 0.15) is 92.9 Å². The summed E-state index contributed by atoms with van der Waals surface area (Å²) in [6.45, 7) is 15.0. The van der Waals surface area contributed by atoms with Gasteiger partial charge in [0.25, 0.3) is 0 Å². The molecule has 0 aromatic carbocycles. The van der Waals surface area contributed by atoms with Crippen LogP contribution >= 0.6 is 0 Å². The SMILES string of the molecule is CCCCCCCCC(C)(C)CCNC(C)(C)C. The fraction of sp³-hybridized carbons (Fsp3) is 1.00. The molecule has 0 aliphatic rings. The third-order valence-electron chi connectivity index (χ3n) is 3.66. The zero-order valence-electron chi connectivity index (χ0n) is 13.9. The van der Waals surface area contributed by atoms with E-state index in [9.17, 15) is 0 Å². The molecule has 0 spiro atoms. The van der Waals surface area contributed by atoms with Crippen LogP contribution in [0.4, 0.5) is 0 Å². The standard InChI is InChI=1S/C17H37N/c1-7-8-9-10-11-12-13-17(5,6)14-15-18-16(2,3)4/h18H,7-15H2,1-6H3. The van der Waals surface area contributed by atoms with Crippen molar-refractivity contribution in [2.75, 3.05) is 6.54 Å². The van der Waals surface area contributed by atoms with E-state index in [1.165, 1.54) is 51.4 Å². The quantitative estimate of drug-likeness (QED) is 0.505. The summed E-state index contributed by atoms with van der Waals surface area (Å²) in [5, 5.41) is 3.60. The van der Waals surface area contributed by atoms with Gasteiger partial charge in [-0.1, -0.05) is 59.3 Å². The number of unbranched alkanes of at least 4 members (excludes halogenated alkanes) is 5. The maximum atomic E-state index is 3.60. The molecular weight excluding hydrogens is 218 g/mol. The van der Waals surface area contributed by atoms with E-state index in [1.807, 2.05) is 0 Å². The van der Waals surface area contributed by atoms with Crippen LogP contribution in [0.25, 0.3) is 0 Å². The molecule has 1 heteroatoms. The van der Waals surface area contributed by atoms with Gasteiger partial charge in [0.15, 0.2) is 0 Å². The zero-order valence-corrected chi connectivity index (χ0v) is 13.9. The summed E-state index contributed by atoms with van der Waals surface area (Å²) in [6, 6.07) is 0. The Hall–Kier alpha value is -0.0400. The maximum Gasteiger partial charge on any atom is 0.00965 e. The average molecular weight is 255 g/mol. The number of hydrogen-bond donors (Lipinski definition) is 1. The van der Waals surface area contributed by atoms with Crippen LogP contribution in [-0.2, 0) is 0 Å². The lowest BCUT2D eigenvalue weighted by molar-refractivity contribution is 0.274. The van der Waals surface area contributed by atoms with Gasteiger partial charge in [0, 0.05) is 5.54 Å².